The van der Waals surface area contributed by atoms with Crippen LogP contribution >= 0.6 is 11.8 Å². The van der Waals surface area contributed by atoms with E-state index >= 15 is 0 Å². The zero-order chi connectivity index (χ0) is 11.2. The van der Waals surface area contributed by atoms with E-state index in [1.54, 1.807) is 6.92 Å². The molecule has 0 aromatic carbocycles. The normalized spacial score (nSPS) is 37.3. The van der Waals surface area contributed by atoms with Crippen LogP contribution in [0.1, 0.15) is 33.6 Å². The summed E-state index contributed by atoms with van der Waals surface area (Å²) in [4.78, 5) is 22.7. The Morgan fingerprint density at radius 1 is 1.47 bits per heavy atom. The van der Waals surface area contributed by atoms with E-state index in [1.165, 1.54) is 11.8 Å². The summed E-state index contributed by atoms with van der Waals surface area (Å²) in [5, 5.41) is 0.125. The third-order valence-electron chi connectivity index (χ3n) is 4.19. The molecule has 0 heterocycles. The van der Waals surface area contributed by atoms with Crippen molar-refractivity contribution < 1.29 is 9.59 Å². The maximum Gasteiger partial charge on any atom is 0.185 e. The summed E-state index contributed by atoms with van der Waals surface area (Å²) in [5.41, 5.74) is 0.380. The molecule has 0 radical (unpaired) electrons. The van der Waals surface area contributed by atoms with Crippen LogP contribution in [0.25, 0.3) is 0 Å². The summed E-state index contributed by atoms with van der Waals surface area (Å²) in [6.07, 6.45) is 1.76. The third kappa shape index (κ3) is 1.99. The molecular formula is C12H18O2S. The SMILES string of the molecule is CC(=O)SCC1CC2C(CC1=O)C2(C)C. The molecule has 3 unspecified atom stereocenters. The Morgan fingerprint density at radius 2 is 2.13 bits per heavy atom. The van der Waals surface area contributed by atoms with Crippen molar-refractivity contribution in [3.8, 4) is 0 Å². The fourth-order valence-corrected chi connectivity index (χ4v) is 3.69. The Kier molecular flexibility index (Phi) is 2.70. The lowest BCUT2D eigenvalue weighted by Gasteiger charge is -2.18. The van der Waals surface area contributed by atoms with Gasteiger partial charge in [-0.15, -0.1) is 0 Å². The lowest BCUT2D eigenvalue weighted by Crippen LogP contribution is -2.23. The molecule has 84 valence electrons. The molecule has 2 aliphatic rings. The number of rotatable bonds is 2. The molecule has 0 N–H and O–H groups in total. The number of Topliss-reactive ketones (excluding diaryl/α,β-unsaturated/α-hetero) is 1. The number of hydrogen-bond donors (Lipinski definition) is 0. The van der Waals surface area contributed by atoms with E-state index in [4.69, 9.17) is 0 Å². The molecular weight excluding hydrogens is 208 g/mol. The van der Waals surface area contributed by atoms with Crippen molar-refractivity contribution in [3.05, 3.63) is 0 Å². The van der Waals surface area contributed by atoms with Crippen molar-refractivity contribution in [1.82, 2.24) is 0 Å². The molecule has 15 heavy (non-hydrogen) atoms. The van der Waals surface area contributed by atoms with Crippen molar-refractivity contribution in [2.75, 3.05) is 5.75 Å². The van der Waals surface area contributed by atoms with Gasteiger partial charge in [0.1, 0.15) is 5.78 Å². The van der Waals surface area contributed by atoms with Gasteiger partial charge in [0.2, 0.25) is 0 Å². The summed E-state index contributed by atoms with van der Waals surface area (Å²) in [7, 11) is 0. The quantitative estimate of drug-likeness (QED) is 0.725. The van der Waals surface area contributed by atoms with E-state index in [0.717, 1.165) is 18.8 Å². The van der Waals surface area contributed by atoms with Crippen LogP contribution in [-0.2, 0) is 9.59 Å². The van der Waals surface area contributed by atoms with Crippen LogP contribution in [-0.4, -0.2) is 16.7 Å². The lowest BCUT2D eigenvalue weighted by atomic mass is 9.89. The number of thioether (sulfide) groups is 1. The molecule has 0 spiro atoms. The lowest BCUT2D eigenvalue weighted by molar-refractivity contribution is -0.124. The highest BCUT2D eigenvalue weighted by Gasteiger charge is 2.61. The van der Waals surface area contributed by atoms with Gasteiger partial charge < -0.3 is 0 Å². The molecule has 0 aromatic heterocycles. The van der Waals surface area contributed by atoms with Crippen LogP contribution in [0.3, 0.4) is 0 Å². The molecule has 0 aromatic rings. The van der Waals surface area contributed by atoms with E-state index in [1.807, 2.05) is 0 Å². The first-order chi connectivity index (χ1) is 6.93. The monoisotopic (exact) mass is 226 g/mol. The van der Waals surface area contributed by atoms with E-state index in [9.17, 15) is 9.59 Å². The Bertz CT molecular complexity index is 309. The van der Waals surface area contributed by atoms with Gasteiger partial charge in [-0.1, -0.05) is 25.6 Å². The van der Waals surface area contributed by atoms with E-state index < -0.39 is 0 Å². The zero-order valence-electron chi connectivity index (χ0n) is 9.58. The second-order valence-electron chi connectivity index (χ2n) is 5.44. The second kappa shape index (κ2) is 3.62. The van der Waals surface area contributed by atoms with Gasteiger partial charge in [0.15, 0.2) is 5.12 Å². The Balaban J connectivity index is 1.92. The Morgan fingerprint density at radius 3 is 2.73 bits per heavy atom. The van der Waals surface area contributed by atoms with Gasteiger partial charge in [-0.25, -0.2) is 0 Å². The highest BCUT2D eigenvalue weighted by atomic mass is 32.2. The van der Waals surface area contributed by atoms with Gasteiger partial charge in [-0.2, -0.15) is 0 Å². The summed E-state index contributed by atoms with van der Waals surface area (Å²) in [5.74, 6) is 2.59. The van der Waals surface area contributed by atoms with Gasteiger partial charge in [0, 0.05) is 25.0 Å². The number of carbonyl (C=O) groups is 2. The molecule has 2 aliphatic carbocycles. The van der Waals surface area contributed by atoms with Crippen molar-refractivity contribution >= 4 is 22.7 Å². The molecule has 0 aliphatic heterocycles. The summed E-state index contributed by atoms with van der Waals surface area (Å²) < 4.78 is 0. The van der Waals surface area contributed by atoms with Crippen molar-refractivity contribution in [2.45, 2.75) is 33.6 Å². The van der Waals surface area contributed by atoms with Crippen molar-refractivity contribution in [2.24, 2.45) is 23.2 Å². The number of hydrogen-bond acceptors (Lipinski definition) is 3. The average molecular weight is 226 g/mol. The van der Waals surface area contributed by atoms with Gasteiger partial charge in [0.25, 0.3) is 0 Å². The van der Waals surface area contributed by atoms with E-state index in [2.05, 4.69) is 13.8 Å². The van der Waals surface area contributed by atoms with Crippen LogP contribution in [0, 0.1) is 23.2 Å². The molecule has 2 saturated carbocycles. The molecule has 0 bridgehead atoms. The largest absolute Gasteiger partial charge is 0.299 e. The fraction of sp³-hybridized carbons (Fsp3) is 0.833. The number of ketones is 1. The van der Waals surface area contributed by atoms with Crippen molar-refractivity contribution in [1.29, 1.82) is 0 Å². The molecule has 0 amide bonds. The molecule has 3 atom stereocenters. The zero-order valence-corrected chi connectivity index (χ0v) is 10.4. The first kappa shape index (κ1) is 11.2. The van der Waals surface area contributed by atoms with Gasteiger partial charge >= 0.3 is 0 Å². The maximum atomic E-state index is 11.8. The van der Waals surface area contributed by atoms with Crippen molar-refractivity contribution in [3.63, 3.8) is 0 Å². The third-order valence-corrected chi connectivity index (χ3v) is 5.17. The molecule has 2 fully saturated rings. The summed E-state index contributed by atoms with van der Waals surface area (Å²) in [6.45, 7) is 6.09. The molecule has 2 rings (SSSR count). The minimum Gasteiger partial charge on any atom is -0.299 e. The highest BCUT2D eigenvalue weighted by Crippen LogP contribution is 2.65. The maximum absolute atomic E-state index is 11.8. The van der Waals surface area contributed by atoms with Crippen LogP contribution in [0.2, 0.25) is 0 Å². The minimum absolute atomic E-state index is 0.125. The average Bonchev–Trinajstić information content (AvgIpc) is 2.64. The predicted octanol–water partition coefficient (Wildman–Crippen LogP) is 2.52. The van der Waals surface area contributed by atoms with Crippen LogP contribution in [0.5, 0.6) is 0 Å². The summed E-state index contributed by atoms with van der Waals surface area (Å²) >= 11 is 1.30. The van der Waals surface area contributed by atoms with Crippen LogP contribution in [0.15, 0.2) is 0 Å². The van der Waals surface area contributed by atoms with E-state index in [-0.39, 0.29) is 11.0 Å². The highest BCUT2D eigenvalue weighted by molar-refractivity contribution is 8.13. The van der Waals surface area contributed by atoms with Gasteiger partial charge in [0.05, 0.1) is 0 Å². The molecule has 2 nitrogen and oxygen atoms in total. The smallest absolute Gasteiger partial charge is 0.185 e. The van der Waals surface area contributed by atoms with Gasteiger partial charge in [-0.3, -0.25) is 9.59 Å². The summed E-state index contributed by atoms with van der Waals surface area (Å²) in [6, 6.07) is 0. The second-order valence-corrected chi connectivity index (χ2v) is 6.64. The van der Waals surface area contributed by atoms with Gasteiger partial charge in [-0.05, 0) is 23.7 Å². The minimum atomic E-state index is 0.125. The topological polar surface area (TPSA) is 34.1 Å². The predicted molar refractivity (Wildman–Crippen MR) is 61.6 cm³/mol. The van der Waals surface area contributed by atoms with Crippen LogP contribution in [0.4, 0.5) is 0 Å². The molecule has 3 heteroatoms. The first-order valence-electron chi connectivity index (χ1n) is 5.59. The fourth-order valence-electron chi connectivity index (χ4n) is 2.93. The Labute approximate surface area is 95.2 Å². The standard InChI is InChI=1S/C12H18O2S/c1-7(13)15-6-8-4-9-10(5-11(8)14)12(9,2)3/h8-10H,4-6H2,1-3H3. The molecule has 0 saturated heterocycles. The first-order valence-corrected chi connectivity index (χ1v) is 6.57. The Hall–Kier alpha value is -0.310. The van der Waals surface area contributed by atoms with Crippen LogP contribution < -0.4 is 0 Å². The number of fused-ring (bicyclic) bond motifs is 1. The van der Waals surface area contributed by atoms with E-state index in [0.29, 0.717) is 22.9 Å². The number of carbonyl (C=O) groups excluding carboxylic acids is 2.